The van der Waals surface area contributed by atoms with Gasteiger partial charge in [-0.1, -0.05) is 0 Å². The average molecular weight is 323 g/mol. The van der Waals surface area contributed by atoms with Gasteiger partial charge in [-0.05, 0) is 38.1 Å². The van der Waals surface area contributed by atoms with E-state index in [2.05, 4.69) is 9.46 Å². The second-order valence-corrected chi connectivity index (χ2v) is 6.39. The number of carbonyl (C=O) groups is 1. The highest BCUT2D eigenvalue weighted by atomic mass is 35.5. The Morgan fingerprint density at radius 3 is 2.20 bits per heavy atom. The number of hydrogen-bond acceptors (Lipinski definition) is 5. The van der Waals surface area contributed by atoms with Gasteiger partial charge in [0.1, 0.15) is 0 Å². The number of methoxy groups -OCH3 is 1. The lowest BCUT2D eigenvalue weighted by atomic mass is 10.1. The number of rotatable bonds is 5. The topological polar surface area (TPSA) is 98.5 Å². The summed E-state index contributed by atoms with van der Waals surface area (Å²) >= 11 is 0. The lowest BCUT2D eigenvalue weighted by Crippen LogP contribution is -2.48. The van der Waals surface area contributed by atoms with Crippen LogP contribution in [0.5, 0.6) is 0 Å². The molecule has 0 aliphatic rings. The van der Waals surface area contributed by atoms with Crippen molar-refractivity contribution >= 4 is 28.4 Å². The number of benzene rings is 1. The maximum Gasteiger partial charge on any atom is 0.337 e. The van der Waals surface area contributed by atoms with Gasteiger partial charge >= 0.3 is 5.97 Å². The minimum Gasteiger partial charge on any atom is -0.465 e. The SMILES string of the molecule is COC(=O)c1ccc(S(=O)(=O)NC(C)(C)CN)cc1.Cl. The molecule has 0 spiro atoms. The van der Waals surface area contributed by atoms with Crippen LogP contribution in [-0.2, 0) is 14.8 Å². The minimum absolute atomic E-state index is 0. The molecule has 114 valence electrons. The molecular formula is C12H19ClN2O4S. The summed E-state index contributed by atoms with van der Waals surface area (Å²) in [6, 6.07) is 5.49. The fourth-order valence-electron chi connectivity index (χ4n) is 1.35. The van der Waals surface area contributed by atoms with E-state index in [0.29, 0.717) is 5.56 Å². The van der Waals surface area contributed by atoms with E-state index in [1.165, 1.54) is 31.4 Å². The molecule has 0 saturated heterocycles. The van der Waals surface area contributed by atoms with Crippen molar-refractivity contribution in [3.05, 3.63) is 29.8 Å². The van der Waals surface area contributed by atoms with Crippen LogP contribution in [0.3, 0.4) is 0 Å². The van der Waals surface area contributed by atoms with E-state index in [1.54, 1.807) is 13.8 Å². The van der Waals surface area contributed by atoms with E-state index in [0.717, 1.165) is 0 Å². The van der Waals surface area contributed by atoms with Gasteiger partial charge < -0.3 is 10.5 Å². The third-order valence-corrected chi connectivity index (χ3v) is 4.22. The van der Waals surface area contributed by atoms with E-state index in [9.17, 15) is 13.2 Å². The number of hydrogen-bond donors (Lipinski definition) is 2. The molecule has 0 unspecified atom stereocenters. The van der Waals surface area contributed by atoms with Crippen LogP contribution in [0.4, 0.5) is 0 Å². The zero-order valence-electron chi connectivity index (χ0n) is 11.5. The highest BCUT2D eigenvalue weighted by Gasteiger charge is 2.24. The zero-order chi connectivity index (χ0) is 14.7. The van der Waals surface area contributed by atoms with Gasteiger partial charge in [0.2, 0.25) is 10.0 Å². The lowest BCUT2D eigenvalue weighted by molar-refractivity contribution is 0.0600. The smallest absolute Gasteiger partial charge is 0.337 e. The molecule has 1 rings (SSSR count). The maximum atomic E-state index is 12.1. The summed E-state index contributed by atoms with van der Waals surface area (Å²) in [7, 11) is -2.40. The van der Waals surface area contributed by atoms with Crippen molar-refractivity contribution in [3.8, 4) is 0 Å². The molecular weight excluding hydrogens is 304 g/mol. The third kappa shape index (κ3) is 4.75. The molecule has 0 amide bonds. The number of carbonyl (C=O) groups excluding carboxylic acids is 1. The maximum absolute atomic E-state index is 12.1. The highest BCUT2D eigenvalue weighted by Crippen LogP contribution is 2.14. The molecule has 0 heterocycles. The third-order valence-electron chi connectivity index (χ3n) is 2.51. The number of nitrogens with two attached hydrogens (primary N) is 1. The second kappa shape index (κ2) is 7.03. The van der Waals surface area contributed by atoms with E-state index < -0.39 is 21.5 Å². The molecule has 0 fully saturated rings. The van der Waals surface area contributed by atoms with Gasteiger partial charge in [-0.15, -0.1) is 12.4 Å². The summed E-state index contributed by atoms with van der Waals surface area (Å²) in [6.45, 7) is 3.55. The van der Waals surface area contributed by atoms with E-state index in [-0.39, 0.29) is 23.8 Å². The number of halogens is 1. The van der Waals surface area contributed by atoms with Crippen molar-refractivity contribution in [3.63, 3.8) is 0 Å². The van der Waals surface area contributed by atoms with Crippen LogP contribution in [0, 0.1) is 0 Å². The van der Waals surface area contributed by atoms with Crippen LogP contribution < -0.4 is 10.5 Å². The van der Waals surface area contributed by atoms with Crippen molar-refractivity contribution < 1.29 is 17.9 Å². The first kappa shape index (κ1) is 18.9. The van der Waals surface area contributed by atoms with Gasteiger partial charge in [0.05, 0.1) is 17.6 Å². The van der Waals surface area contributed by atoms with E-state index in [1.807, 2.05) is 0 Å². The Labute approximate surface area is 125 Å². The van der Waals surface area contributed by atoms with Crippen LogP contribution in [0.25, 0.3) is 0 Å². The molecule has 0 saturated carbocycles. The summed E-state index contributed by atoms with van der Waals surface area (Å²) < 4.78 is 31.2. The Hall–Kier alpha value is -1.15. The summed E-state index contributed by atoms with van der Waals surface area (Å²) in [6.07, 6.45) is 0. The molecule has 6 nitrogen and oxygen atoms in total. The Morgan fingerprint density at radius 2 is 1.80 bits per heavy atom. The molecule has 3 N–H and O–H groups in total. The molecule has 0 atom stereocenters. The summed E-state index contributed by atoms with van der Waals surface area (Å²) in [5, 5.41) is 0. The Kier molecular flexibility index (Phi) is 6.63. The lowest BCUT2D eigenvalue weighted by Gasteiger charge is -2.23. The molecule has 0 aromatic heterocycles. The number of esters is 1. The molecule has 0 bridgehead atoms. The molecule has 0 radical (unpaired) electrons. The molecule has 0 aliphatic heterocycles. The fourth-order valence-corrected chi connectivity index (χ4v) is 2.78. The molecule has 1 aromatic rings. The van der Waals surface area contributed by atoms with Crippen LogP contribution in [0.15, 0.2) is 29.2 Å². The standard InChI is InChI=1S/C12H18N2O4S.ClH/c1-12(2,8-13)14-19(16,17)10-6-4-9(5-7-10)11(15)18-3;/h4-7,14H,8,13H2,1-3H3;1H. The van der Waals surface area contributed by atoms with Gasteiger partial charge in [-0.25, -0.2) is 17.9 Å². The summed E-state index contributed by atoms with van der Waals surface area (Å²) in [5.41, 5.74) is 5.04. The van der Waals surface area contributed by atoms with Crippen LogP contribution in [0.2, 0.25) is 0 Å². The molecule has 8 heteroatoms. The Balaban J connectivity index is 0.00000361. The fraction of sp³-hybridized carbons (Fsp3) is 0.417. The first-order chi connectivity index (χ1) is 8.72. The predicted molar refractivity (Wildman–Crippen MR) is 78.5 cm³/mol. The first-order valence-electron chi connectivity index (χ1n) is 5.64. The quantitative estimate of drug-likeness (QED) is 0.785. The zero-order valence-corrected chi connectivity index (χ0v) is 13.2. The molecule has 20 heavy (non-hydrogen) atoms. The Bertz CT molecular complexity index is 555. The minimum atomic E-state index is -3.66. The Morgan fingerprint density at radius 1 is 1.30 bits per heavy atom. The number of sulfonamides is 1. The van der Waals surface area contributed by atoms with E-state index >= 15 is 0 Å². The van der Waals surface area contributed by atoms with Crippen LogP contribution >= 0.6 is 12.4 Å². The normalized spacial score (nSPS) is 11.6. The van der Waals surface area contributed by atoms with Crippen molar-refractivity contribution in [1.29, 1.82) is 0 Å². The van der Waals surface area contributed by atoms with Crippen molar-refractivity contribution in [2.45, 2.75) is 24.3 Å². The van der Waals surface area contributed by atoms with Crippen molar-refractivity contribution in [2.24, 2.45) is 5.73 Å². The van der Waals surface area contributed by atoms with E-state index in [4.69, 9.17) is 5.73 Å². The summed E-state index contributed by atoms with van der Waals surface area (Å²) in [5.74, 6) is -0.515. The molecule has 1 aromatic carbocycles. The highest BCUT2D eigenvalue weighted by molar-refractivity contribution is 7.89. The van der Waals surface area contributed by atoms with Crippen molar-refractivity contribution in [1.82, 2.24) is 4.72 Å². The van der Waals surface area contributed by atoms with Crippen LogP contribution in [-0.4, -0.2) is 33.6 Å². The van der Waals surface area contributed by atoms with Crippen molar-refractivity contribution in [2.75, 3.05) is 13.7 Å². The van der Waals surface area contributed by atoms with Crippen LogP contribution in [0.1, 0.15) is 24.2 Å². The van der Waals surface area contributed by atoms with Gasteiger partial charge in [0, 0.05) is 12.1 Å². The number of ether oxygens (including phenoxy) is 1. The monoisotopic (exact) mass is 322 g/mol. The number of nitrogens with one attached hydrogen (secondary N) is 1. The first-order valence-corrected chi connectivity index (χ1v) is 7.12. The second-order valence-electron chi connectivity index (χ2n) is 4.71. The largest absolute Gasteiger partial charge is 0.465 e. The predicted octanol–water partition coefficient (Wildman–Crippen LogP) is 0.911. The molecule has 0 aliphatic carbocycles. The average Bonchev–Trinajstić information content (AvgIpc) is 2.37. The van der Waals surface area contributed by atoms with Gasteiger partial charge in [-0.2, -0.15) is 0 Å². The van der Waals surface area contributed by atoms with Gasteiger partial charge in [-0.3, -0.25) is 0 Å². The van der Waals surface area contributed by atoms with Gasteiger partial charge in [0.25, 0.3) is 0 Å². The van der Waals surface area contributed by atoms with Gasteiger partial charge in [0.15, 0.2) is 0 Å². The summed E-state index contributed by atoms with van der Waals surface area (Å²) in [4.78, 5) is 11.3.